The summed E-state index contributed by atoms with van der Waals surface area (Å²) >= 11 is 0. The molecular weight excluding hydrogens is 386 g/mol. The molecule has 0 aromatic heterocycles. The van der Waals surface area contributed by atoms with E-state index in [0.29, 0.717) is 24.8 Å². The fourth-order valence-electron chi connectivity index (χ4n) is 2.58. The van der Waals surface area contributed by atoms with Crippen LogP contribution in [0.4, 0.5) is 25.0 Å². The van der Waals surface area contributed by atoms with Gasteiger partial charge in [0.15, 0.2) is 0 Å². The van der Waals surface area contributed by atoms with Crippen molar-refractivity contribution < 1.29 is 32.6 Å². The SMILES string of the molecule is CCN(C(=O)Nc1ccc(C(=O)OC)c(OC)c1)c1ccc(OC(C)(F)F)cc1. The van der Waals surface area contributed by atoms with Gasteiger partial charge in [-0.15, -0.1) is 0 Å². The van der Waals surface area contributed by atoms with Crippen molar-refractivity contribution in [3.05, 3.63) is 48.0 Å². The molecule has 0 unspecified atom stereocenters. The molecule has 0 aliphatic heterocycles. The molecule has 2 rings (SSSR count). The Morgan fingerprint density at radius 3 is 2.28 bits per heavy atom. The number of halogens is 2. The number of esters is 1. The first kappa shape index (κ1) is 21.9. The van der Waals surface area contributed by atoms with E-state index in [-0.39, 0.29) is 17.1 Å². The number of hydrogen-bond acceptors (Lipinski definition) is 5. The van der Waals surface area contributed by atoms with Gasteiger partial charge >= 0.3 is 18.1 Å². The molecule has 0 aliphatic carbocycles. The number of anilines is 2. The first-order chi connectivity index (χ1) is 13.7. The van der Waals surface area contributed by atoms with Crippen molar-refractivity contribution in [1.82, 2.24) is 0 Å². The number of carbonyl (C=O) groups excluding carboxylic acids is 2. The highest BCUT2D eigenvalue weighted by molar-refractivity contribution is 6.02. The maximum Gasteiger partial charge on any atom is 0.394 e. The molecule has 1 N–H and O–H groups in total. The fourth-order valence-corrected chi connectivity index (χ4v) is 2.58. The smallest absolute Gasteiger partial charge is 0.394 e. The molecule has 0 saturated carbocycles. The van der Waals surface area contributed by atoms with Crippen molar-refractivity contribution in [2.45, 2.75) is 20.0 Å². The van der Waals surface area contributed by atoms with Crippen LogP contribution >= 0.6 is 0 Å². The molecule has 9 heteroatoms. The molecule has 0 fully saturated rings. The van der Waals surface area contributed by atoms with Crippen molar-refractivity contribution in [2.24, 2.45) is 0 Å². The lowest BCUT2D eigenvalue weighted by Gasteiger charge is -2.22. The molecule has 0 heterocycles. The van der Waals surface area contributed by atoms with Crippen LogP contribution in [-0.4, -0.2) is 38.9 Å². The minimum absolute atomic E-state index is 0.0131. The number of urea groups is 1. The predicted molar refractivity (Wildman–Crippen MR) is 104 cm³/mol. The van der Waals surface area contributed by atoms with Crippen LogP contribution in [0, 0.1) is 0 Å². The zero-order chi connectivity index (χ0) is 21.6. The Kier molecular flexibility index (Phi) is 6.98. The lowest BCUT2D eigenvalue weighted by Crippen LogP contribution is -2.34. The van der Waals surface area contributed by atoms with Crippen LogP contribution in [0.2, 0.25) is 0 Å². The summed E-state index contributed by atoms with van der Waals surface area (Å²) in [5, 5.41) is 2.71. The summed E-state index contributed by atoms with van der Waals surface area (Å²) in [4.78, 5) is 25.8. The minimum atomic E-state index is -3.29. The van der Waals surface area contributed by atoms with Crippen LogP contribution in [-0.2, 0) is 4.74 Å². The highest BCUT2D eigenvalue weighted by atomic mass is 19.3. The topological polar surface area (TPSA) is 77.1 Å². The monoisotopic (exact) mass is 408 g/mol. The largest absolute Gasteiger partial charge is 0.496 e. The van der Waals surface area contributed by atoms with Crippen LogP contribution in [0.25, 0.3) is 0 Å². The summed E-state index contributed by atoms with van der Waals surface area (Å²) in [7, 11) is 2.66. The van der Waals surface area contributed by atoms with Gasteiger partial charge < -0.3 is 19.5 Å². The number of hydrogen-bond donors (Lipinski definition) is 1. The number of methoxy groups -OCH3 is 2. The summed E-state index contributed by atoms with van der Waals surface area (Å²) in [6.45, 7) is 2.74. The molecule has 0 bridgehead atoms. The van der Waals surface area contributed by atoms with Crippen LogP contribution in [0.1, 0.15) is 24.2 Å². The molecule has 0 atom stereocenters. The molecule has 2 amide bonds. The molecule has 0 aliphatic rings. The van der Waals surface area contributed by atoms with Crippen molar-refractivity contribution in [2.75, 3.05) is 31.0 Å². The van der Waals surface area contributed by atoms with Crippen LogP contribution in [0.3, 0.4) is 0 Å². The average Bonchev–Trinajstić information content (AvgIpc) is 2.68. The van der Waals surface area contributed by atoms with Gasteiger partial charge in [-0.3, -0.25) is 4.90 Å². The van der Waals surface area contributed by atoms with E-state index in [9.17, 15) is 18.4 Å². The third-order valence-electron chi connectivity index (χ3n) is 3.86. The number of nitrogens with zero attached hydrogens (tertiary/aromatic N) is 1. The molecule has 0 saturated heterocycles. The molecule has 156 valence electrons. The Bertz CT molecular complexity index is 866. The number of ether oxygens (including phenoxy) is 3. The Labute approximate surface area is 167 Å². The summed E-state index contributed by atoms with van der Waals surface area (Å²) in [6.07, 6.45) is -3.29. The number of rotatable bonds is 7. The van der Waals surface area contributed by atoms with Gasteiger partial charge in [0.05, 0.1) is 14.2 Å². The Balaban J connectivity index is 2.16. The first-order valence-corrected chi connectivity index (χ1v) is 8.70. The van der Waals surface area contributed by atoms with E-state index in [2.05, 4.69) is 14.8 Å². The van der Waals surface area contributed by atoms with Crippen molar-refractivity contribution >= 4 is 23.4 Å². The number of alkyl halides is 2. The zero-order valence-corrected chi connectivity index (χ0v) is 16.5. The maximum absolute atomic E-state index is 12.9. The molecule has 2 aromatic rings. The second-order valence-electron chi connectivity index (χ2n) is 5.98. The van der Waals surface area contributed by atoms with E-state index in [1.54, 1.807) is 13.0 Å². The van der Waals surface area contributed by atoms with Gasteiger partial charge in [0.2, 0.25) is 0 Å². The second kappa shape index (κ2) is 9.22. The molecule has 0 radical (unpaired) electrons. The first-order valence-electron chi connectivity index (χ1n) is 8.70. The van der Waals surface area contributed by atoms with E-state index in [1.807, 2.05) is 0 Å². The van der Waals surface area contributed by atoms with Crippen molar-refractivity contribution in [3.8, 4) is 11.5 Å². The van der Waals surface area contributed by atoms with Crippen LogP contribution in [0.5, 0.6) is 11.5 Å². The quantitative estimate of drug-likeness (QED) is 0.681. The highest BCUT2D eigenvalue weighted by Gasteiger charge is 2.23. The number of carbonyl (C=O) groups is 2. The maximum atomic E-state index is 12.9. The second-order valence-corrected chi connectivity index (χ2v) is 5.98. The van der Waals surface area contributed by atoms with Gasteiger partial charge in [-0.1, -0.05) is 0 Å². The standard InChI is InChI=1S/C20H22F2N2O5/c1-5-24(14-7-9-15(10-8-14)29-20(2,21)22)19(26)23-13-6-11-16(18(25)28-4)17(12-13)27-3/h6-12H,5H2,1-4H3,(H,23,26). The molecular formula is C20H22F2N2O5. The van der Waals surface area contributed by atoms with Crippen molar-refractivity contribution in [1.29, 1.82) is 0 Å². The average molecular weight is 408 g/mol. The van der Waals surface area contributed by atoms with Crippen LogP contribution in [0.15, 0.2) is 42.5 Å². The van der Waals surface area contributed by atoms with Gasteiger partial charge in [0, 0.05) is 30.9 Å². The van der Waals surface area contributed by atoms with E-state index >= 15 is 0 Å². The van der Waals surface area contributed by atoms with Gasteiger partial charge in [-0.2, -0.15) is 8.78 Å². The zero-order valence-electron chi connectivity index (χ0n) is 16.5. The van der Waals surface area contributed by atoms with Gasteiger partial charge in [0.25, 0.3) is 0 Å². The fraction of sp³-hybridized carbons (Fsp3) is 0.300. The van der Waals surface area contributed by atoms with E-state index in [1.165, 1.54) is 55.5 Å². The third-order valence-corrected chi connectivity index (χ3v) is 3.86. The highest BCUT2D eigenvalue weighted by Crippen LogP contribution is 2.26. The molecule has 7 nitrogen and oxygen atoms in total. The third kappa shape index (κ3) is 5.81. The molecule has 29 heavy (non-hydrogen) atoms. The summed E-state index contributed by atoms with van der Waals surface area (Å²) in [6, 6.07) is 9.80. The Morgan fingerprint density at radius 1 is 1.10 bits per heavy atom. The molecule has 0 spiro atoms. The summed E-state index contributed by atoms with van der Waals surface area (Å²) in [5.74, 6) is -0.324. The van der Waals surface area contributed by atoms with E-state index < -0.39 is 18.1 Å². The Hall–Kier alpha value is -3.36. The lowest BCUT2D eigenvalue weighted by atomic mass is 10.2. The van der Waals surface area contributed by atoms with Gasteiger partial charge in [-0.05, 0) is 43.3 Å². The van der Waals surface area contributed by atoms with Gasteiger partial charge in [0.1, 0.15) is 17.1 Å². The van der Waals surface area contributed by atoms with Crippen LogP contribution < -0.4 is 19.7 Å². The van der Waals surface area contributed by atoms with E-state index in [4.69, 9.17) is 4.74 Å². The number of amides is 2. The number of nitrogens with one attached hydrogen (secondary N) is 1. The van der Waals surface area contributed by atoms with Crippen molar-refractivity contribution in [3.63, 3.8) is 0 Å². The molecule has 2 aromatic carbocycles. The van der Waals surface area contributed by atoms with E-state index in [0.717, 1.165) is 0 Å². The normalized spacial score (nSPS) is 10.8. The number of benzene rings is 2. The van der Waals surface area contributed by atoms with Gasteiger partial charge in [-0.25, -0.2) is 9.59 Å². The summed E-state index contributed by atoms with van der Waals surface area (Å²) < 4.78 is 40.2. The predicted octanol–water partition coefficient (Wildman–Crippen LogP) is 4.53. The Morgan fingerprint density at radius 2 is 1.76 bits per heavy atom. The summed E-state index contributed by atoms with van der Waals surface area (Å²) in [5.41, 5.74) is 1.13. The minimum Gasteiger partial charge on any atom is -0.496 e. The lowest BCUT2D eigenvalue weighted by molar-refractivity contribution is -0.158.